The molecule has 0 unspecified atom stereocenters. The normalized spacial score (nSPS) is 29.0. The van der Waals surface area contributed by atoms with Crippen LogP contribution in [0.1, 0.15) is 72.1 Å². The van der Waals surface area contributed by atoms with Crippen molar-refractivity contribution in [3.05, 3.63) is 22.4 Å². The Morgan fingerprint density at radius 3 is 2.67 bits per heavy atom. The number of amides is 1. The minimum atomic E-state index is -0.548. The first-order chi connectivity index (χ1) is 19.0. The van der Waals surface area contributed by atoms with Crippen LogP contribution in [0, 0.1) is 11.2 Å². The quantitative estimate of drug-likeness (QED) is 0.407. The molecule has 40 heavy (non-hydrogen) atoms. The molecular formula is C30H41BrFN5O3. The molecule has 8 nitrogen and oxygen atoms in total. The lowest BCUT2D eigenvalue weighted by Gasteiger charge is -2.44. The van der Waals surface area contributed by atoms with E-state index in [1.807, 2.05) is 31.7 Å². The van der Waals surface area contributed by atoms with Crippen molar-refractivity contribution in [2.75, 3.05) is 38.2 Å². The Morgan fingerprint density at radius 1 is 1.10 bits per heavy atom. The first-order valence-corrected chi connectivity index (χ1v) is 15.6. The van der Waals surface area contributed by atoms with Crippen LogP contribution in [0.5, 0.6) is 6.01 Å². The van der Waals surface area contributed by atoms with E-state index >= 15 is 4.39 Å². The Labute approximate surface area is 244 Å². The average molecular weight is 619 g/mol. The van der Waals surface area contributed by atoms with Crippen LogP contribution >= 0.6 is 15.9 Å². The molecule has 6 rings (SSSR count). The molecule has 1 aromatic carbocycles. The third-order valence-electron chi connectivity index (χ3n) is 9.47. The minimum Gasteiger partial charge on any atom is -0.463 e. The maximum atomic E-state index is 15.5. The second kappa shape index (κ2) is 10.6. The van der Waals surface area contributed by atoms with Gasteiger partial charge in [0.15, 0.2) is 5.82 Å². The molecule has 4 fully saturated rings. The number of ether oxygens (including phenoxy) is 2. The zero-order valence-electron chi connectivity index (χ0n) is 24.1. The molecule has 1 amide bonds. The van der Waals surface area contributed by atoms with Crippen molar-refractivity contribution in [2.45, 2.75) is 95.9 Å². The zero-order chi connectivity index (χ0) is 28.2. The highest BCUT2D eigenvalue weighted by Gasteiger charge is 2.47. The van der Waals surface area contributed by atoms with Crippen LogP contribution in [0.15, 0.2) is 16.6 Å². The van der Waals surface area contributed by atoms with Crippen LogP contribution < -0.4 is 9.64 Å². The molecule has 218 valence electrons. The summed E-state index contributed by atoms with van der Waals surface area (Å²) >= 11 is 3.34. The van der Waals surface area contributed by atoms with E-state index in [0.717, 1.165) is 45.1 Å². The minimum absolute atomic E-state index is 0.00735. The summed E-state index contributed by atoms with van der Waals surface area (Å²) in [6, 6.07) is 4.45. The number of fused-ring (bicyclic) bond motifs is 4. The Kier molecular flexibility index (Phi) is 7.38. The summed E-state index contributed by atoms with van der Waals surface area (Å²) in [6.07, 6.45) is 8.25. The largest absolute Gasteiger partial charge is 0.463 e. The summed E-state index contributed by atoms with van der Waals surface area (Å²) in [4.78, 5) is 29.3. The molecule has 3 saturated heterocycles. The number of aromatic nitrogens is 2. The summed E-state index contributed by atoms with van der Waals surface area (Å²) in [5.41, 5.74) is -0.196. The molecule has 1 aromatic heterocycles. The van der Waals surface area contributed by atoms with Gasteiger partial charge < -0.3 is 24.2 Å². The summed E-state index contributed by atoms with van der Waals surface area (Å²) in [5, 5.41) is 0.656. The van der Waals surface area contributed by atoms with E-state index in [1.54, 1.807) is 6.07 Å². The van der Waals surface area contributed by atoms with E-state index in [2.05, 4.69) is 37.8 Å². The maximum Gasteiger partial charge on any atom is 0.410 e. The molecule has 0 spiro atoms. The van der Waals surface area contributed by atoms with E-state index in [-0.39, 0.29) is 35.1 Å². The van der Waals surface area contributed by atoms with Crippen LogP contribution in [-0.4, -0.2) is 82.9 Å². The van der Waals surface area contributed by atoms with Gasteiger partial charge in [-0.25, -0.2) is 9.18 Å². The zero-order valence-corrected chi connectivity index (χ0v) is 25.7. The van der Waals surface area contributed by atoms with Crippen LogP contribution in [0.2, 0.25) is 0 Å². The predicted molar refractivity (Wildman–Crippen MR) is 156 cm³/mol. The highest BCUT2D eigenvalue weighted by Crippen LogP contribution is 2.47. The number of piperidine rings is 1. The fraction of sp³-hybridized carbons (Fsp3) is 0.700. The number of halogens is 2. The lowest BCUT2D eigenvalue weighted by molar-refractivity contribution is 0.0133. The number of carbonyl (C=O) groups is 1. The van der Waals surface area contributed by atoms with E-state index in [4.69, 9.17) is 14.5 Å². The lowest BCUT2D eigenvalue weighted by atomic mass is 9.76. The molecule has 3 aliphatic heterocycles. The first kappa shape index (κ1) is 27.9. The number of carbonyl (C=O) groups excluding carboxylic acids is 1. The predicted octanol–water partition coefficient (Wildman–Crippen LogP) is 6.15. The van der Waals surface area contributed by atoms with Gasteiger partial charge in [-0.1, -0.05) is 6.42 Å². The molecule has 1 saturated carbocycles. The fourth-order valence-corrected chi connectivity index (χ4v) is 7.99. The number of hydrogen-bond donors (Lipinski definition) is 0. The summed E-state index contributed by atoms with van der Waals surface area (Å²) in [6.45, 7) is 8.68. The first-order valence-electron chi connectivity index (χ1n) is 14.8. The fourth-order valence-electron chi connectivity index (χ4n) is 7.67. The van der Waals surface area contributed by atoms with Gasteiger partial charge in [-0.15, -0.1) is 0 Å². The molecule has 1 aliphatic carbocycles. The molecule has 2 aromatic rings. The van der Waals surface area contributed by atoms with E-state index in [9.17, 15) is 4.79 Å². The number of likely N-dealkylation sites (tertiary alicyclic amines) is 1. The molecule has 4 atom stereocenters. The van der Waals surface area contributed by atoms with Crippen molar-refractivity contribution >= 4 is 38.7 Å². The van der Waals surface area contributed by atoms with Gasteiger partial charge in [0.2, 0.25) is 0 Å². The van der Waals surface area contributed by atoms with Crippen LogP contribution in [0.25, 0.3) is 10.9 Å². The second-order valence-corrected chi connectivity index (χ2v) is 14.1. The van der Waals surface area contributed by atoms with Crippen LogP contribution in [0.4, 0.5) is 15.0 Å². The van der Waals surface area contributed by atoms with E-state index < -0.39 is 11.4 Å². The van der Waals surface area contributed by atoms with Gasteiger partial charge in [0.05, 0.1) is 17.1 Å². The van der Waals surface area contributed by atoms with Gasteiger partial charge in [-0.3, -0.25) is 0 Å². The molecule has 2 bridgehead atoms. The number of hydrogen-bond acceptors (Lipinski definition) is 7. The van der Waals surface area contributed by atoms with Gasteiger partial charge in [-0.2, -0.15) is 9.97 Å². The van der Waals surface area contributed by atoms with Crippen LogP contribution in [-0.2, 0) is 4.74 Å². The Balaban J connectivity index is 1.31. The molecule has 0 radical (unpaired) electrons. The average Bonchev–Trinajstić information content (AvgIpc) is 3.45. The maximum absolute atomic E-state index is 15.5. The highest BCUT2D eigenvalue weighted by atomic mass is 79.9. The number of benzene rings is 1. The monoisotopic (exact) mass is 617 g/mol. The standard InChI is InChI=1S/C30H41BrFN5O3/c1-29(2,3)40-28(38)37-19-8-9-20(37)17-36(16-12-19)26-21-10-11-22(31)24(32)25(21)33-27(34-26)39-18-30-13-5-7-23(30)35(4)15-6-14-30/h10-11,19-20,23H,5-9,12-18H2,1-4H3/t19-,20+,23-,30-/m1/s1. The van der Waals surface area contributed by atoms with Crippen molar-refractivity contribution in [1.82, 2.24) is 19.8 Å². The van der Waals surface area contributed by atoms with E-state index in [0.29, 0.717) is 41.4 Å². The van der Waals surface area contributed by atoms with Crippen molar-refractivity contribution in [2.24, 2.45) is 5.41 Å². The van der Waals surface area contributed by atoms with Gasteiger partial charge in [-0.05, 0) is 107 Å². The number of anilines is 1. The highest BCUT2D eigenvalue weighted by molar-refractivity contribution is 9.10. The second-order valence-electron chi connectivity index (χ2n) is 13.2. The van der Waals surface area contributed by atoms with Crippen molar-refractivity contribution in [3.8, 4) is 6.01 Å². The smallest absolute Gasteiger partial charge is 0.410 e. The third kappa shape index (κ3) is 5.14. The summed E-state index contributed by atoms with van der Waals surface area (Å²) in [5.74, 6) is 0.261. The molecular weight excluding hydrogens is 577 g/mol. The summed E-state index contributed by atoms with van der Waals surface area (Å²) in [7, 11) is 2.22. The molecule has 4 heterocycles. The van der Waals surface area contributed by atoms with Crippen molar-refractivity contribution < 1.29 is 18.7 Å². The van der Waals surface area contributed by atoms with Gasteiger partial charge in [0.1, 0.15) is 16.9 Å². The number of nitrogens with zero attached hydrogens (tertiary/aromatic N) is 5. The topological polar surface area (TPSA) is 71.0 Å². The summed E-state index contributed by atoms with van der Waals surface area (Å²) < 4.78 is 28.0. The van der Waals surface area contributed by atoms with Crippen molar-refractivity contribution in [1.29, 1.82) is 0 Å². The van der Waals surface area contributed by atoms with Gasteiger partial charge in [0.25, 0.3) is 0 Å². The SMILES string of the molecule is CN1CCC[C@@]2(COc3nc(N4CC[C@H]5CC[C@@H](C4)N5C(=O)OC(C)(C)C)c4ccc(Br)c(F)c4n3)CCC[C@@H]12. The van der Waals surface area contributed by atoms with Crippen LogP contribution in [0.3, 0.4) is 0 Å². The number of rotatable bonds is 4. The Morgan fingerprint density at radius 2 is 1.88 bits per heavy atom. The van der Waals surface area contributed by atoms with Gasteiger partial charge >= 0.3 is 12.1 Å². The molecule has 4 aliphatic rings. The lowest BCUT2D eigenvalue weighted by Crippen LogP contribution is -2.50. The van der Waals surface area contributed by atoms with Gasteiger partial charge in [0, 0.05) is 36.0 Å². The molecule has 0 N–H and O–H groups in total. The van der Waals surface area contributed by atoms with Crippen molar-refractivity contribution in [3.63, 3.8) is 0 Å². The molecule has 10 heteroatoms. The Bertz CT molecular complexity index is 1290. The van der Waals surface area contributed by atoms with E-state index in [1.165, 1.54) is 12.8 Å². The Hall–Kier alpha value is -2.20. The third-order valence-corrected chi connectivity index (χ3v) is 10.1.